The van der Waals surface area contributed by atoms with Crippen molar-refractivity contribution in [2.75, 3.05) is 11.9 Å². The minimum Gasteiger partial charge on any atom is -0.462 e. The average Bonchev–Trinajstić information content (AvgIpc) is 2.57. The van der Waals surface area contributed by atoms with Crippen LogP contribution in [0.1, 0.15) is 17.3 Å². The van der Waals surface area contributed by atoms with Crippen molar-refractivity contribution in [1.82, 2.24) is 4.57 Å². The normalized spacial score (nSPS) is 10.1. The highest BCUT2D eigenvalue weighted by molar-refractivity contribution is 6.01. The molecule has 1 aromatic carbocycles. The molecular weight excluding hydrogens is 330 g/mol. The third kappa shape index (κ3) is 4.50. The van der Waals surface area contributed by atoms with Crippen LogP contribution in [-0.2, 0) is 16.1 Å². The second-order valence-corrected chi connectivity index (χ2v) is 4.92. The van der Waals surface area contributed by atoms with Gasteiger partial charge in [-0.25, -0.2) is 4.79 Å². The van der Waals surface area contributed by atoms with Crippen molar-refractivity contribution in [3.8, 4) is 0 Å². The molecule has 0 bridgehead atoms. The molecule has 0 spiro atoms. The van der Waals surface area contributed by atoms with Gasteiger partial charge in [0, 0.05) is 12.1 Å². The highest BCUT2D eigenvalue weighted by Crippen LogP contribution is 2.16. The third-order valence-corrected chi connectivity index (χ3v) is 3.19. The topological polar surface area (TPSA) is 121 Å². The fourth-order valence-electron chi connectivity index (χ4n) is 2.07. The molecule has 0 saturated carbocycles. The van der Waals surface area contributed by atoms with Gasteiger partial charge < -0.3 is 10.1 Å². The Labute approximate surface area is 142 Å². The van der Waals surface area contributed by atoms with Crippen molar-refractivity contribution in [3.63, 3.8) is 0 Å². The Morgan fingerprint density at radius 2 is 1.96 bits per heavy atom. The van der Waals surface area contributed by atoms with E-state index >= 15 is 0 Å². The molecule has 1 N–H and O–H groups in total. The van der Waals surface area contributed by atoms with Crippen LogP contribution in [0.3, 0.4) is 0 Å². The van der Waals surface area contributed by atoms with Crippen molar-refractivity contribution in [2.24, 2.45) is 0 Å². The minimum absolute atomic E-state index is 0.170. The third-order valence-electron chi connectivity index (χ3n) is 3.19. The van der Waals surface area contributed by atoms with Crippen molar-refractivity contribution >= 4 is 23.3 Å². The van der Waals surface area contributed by atoms with Crippen LogP contribution >= 0.6 is 0 Å². The molecule has 1 amide bonds. The summed E-state index contributed by atoms with van der Waals surface area (Å²) in [5.74, 6) is -1.20. The predicted octanol–water partition coefficient (Wildman–Crippen LogP) is 1.57. The van der Waals surface area contributed by atoms with E-state index in [1.807, 2.05) is 0 Å². The summed E-state index contributed by atoms with van der Waals surface area (Å²) in [6, 6.07) is 8.32. The Bertz CT molecular complexity index is 874. The monoisotopic (exact) mass is 345 g/mol. The maximum absolute atomic E-state index is 12.2. The van der Waals surface area contributed by atoms with Gasteiger partial charge in [-0.2, -0.15) is 0 Å². The number of ether oxygens (including phenoxy) is 1. The largest absolute Gasteiger partial charge is 0.462 e. The van der Waals surface area contributed by atoms with Crippen LogP contribution in [0.2, 0.25) is 0 Å². The number of hydrogen-bond acceptors (Lipinski definition) is 6. The number of para-hydroxylation sites is 1. The Morgan fingerprint density at radius 1 is 1.24 bits per heavy atom. The van der Waals surface area contributed by atoms with Crippen LogP contribution in [0, 0.1) is 10.1 Å². The van der Waals surface area contributed by atoms with Crippen LogP contribution in [0.5, 0.6) is 0 Å². The van der Waals surface area contributed by atoms with Crippen molar-refractivity contribution in [1.29, 1.82) is 0 Å². The number of hydrogen-bond donors (Lipinski definition) is 1. The minimum atomic E-state index is -0.663. The van der Waals surface area contributed by atoms with Crippen molar-refractivity contribution < 1.29 is 19.2 Å². The summed E-state index contributed by atoms with van der Waals surface area (Å²) in [7, 11) is 0. The van der Waals surface area contributed by atoms with Gasteiger partial charge in [0.2, 0.25) is 5.91 Å². The van der Waals surface area contributed by atoms with Gasteiger partial charge in [0.25, 0.3) is 11.2 Å². The van der Waals surface area contributed by atoms with Crippen LogP contribution in [0.25, 0.3) is 0 Å². The van der Waals surface area contributed by atoms with E-state index in [0.717, 1.165) is 22.9 Å². The van der Waals surface area contributed by atoms with Crippen LogP contribution < -0.4 is 10.9 Å². The van der Waals surface area contributed by atoms with Gasteiger partial charge in [-0.1, -0.05) is 12.1 Å². The second-order valence-electron chi connectivity index (χ2n) is 4.92. The molecule has 0 unspecified atom stereocenters. The predicted molar refractivity (Wildman–Crippen MR) is 88.4 cm³/mol. The van der Waals surface area contributed by atoms with Gasteiger partial charge >= 0.3 is 5.97 Å². The lowest BCUT2D eigenvalue weighted by molar-refractivity contribution is -0.385. The summed E-state index contributed by atoms with van der Waals surface area (Å²) in [5, 5.41) is 13.3. The molecule has 9 nitrogen and oxygen atoms in total. The molecule has 0 atom stereocenters. The number of rotatable bonds is 6. The van der Waals surface area contributed by atoms with E-state index in [9.17, 15) is 24.5 Å². The lowest BCUT2D eigenvalue weighted by atomic mass is 10.2. The molecule has 2 aromatic rings. The van der Waals surface area contributed by atoms with Crippen LogP contribution in [0.4, 0.5) is 11.4 Å². The average molecular weight is 345 g/mol. The molecule has 0 aliphatic carbocycles. The first kappa shape index (κ1) is 17.9. The first-order valence-corrected chi connectivity index (χ1v) is 7.33. The molecule has 1 heterocycles. The number of amides is 1. The summed E-state index contributed by atoms with van der Waals surface area (Å²) in [5.41, 5.74) is -0.465. The fraction of sp³-hybridized carbons (Fsp3) is 0.188. The molecule has 130 valence electrons. The number of carbonyl (C=O) groups is 2. The lowest BCUT2D eigenvalue weighted by Gasteiger charge is -2.11. The molecule has 0 radical (unpaired) electrons. The van der Waals surface area contributed by atoms with Gasteiger partial charge in [0.05, 0.1) is 29.0 Å². The number of aromatic nitrogens is 1. The first-order valence-electron chi connectivity index (χ1n) is 7.33. The zero-order valence-corrected chi connectivity index (χ0v) is 13.3. The maximum Gasteiger partial charge on any atom is 0.340 e. The first-order chi connectivity index (χ1) is 11.9. The summed E-state index contributed by atoms with van der Waals surface area (Å²) >= 11 is 0. The highest BCUT2D eigenvalue weighted by atomic mass is 16.6. The maximum atomic E-state index is 12.2. The Morgan fingerprint density at radius 3 is 2.64 bits per heavy atom. The molecule has 25 heavy (non-hydrogen) atoms. The molecular formula is C16H15N3O6. The van der Waals surface area contributed by atoms with Crippen LogP contribution in [0.15, 0.2) is 47.4 Å². The number of nitro groups is 1. The van der Waals surface area contributed by atoms with Gasteiger partial charge in [0.1, 0.15) is 6.54 Å². The highest BCUT2D eigenvalue weighted by Gasteiger charge is 2.15. The van der Waals surface area contributed by atoms with E-state index in [2.05, 4.69) is 5.32 Å². The smallest absolute Gasteiger partial charge is 0.340 e. The Balaban J connectivity index is 2.19. The number of esters is 1. The van der Waals surface area contributed by atoms with E-state index < -0.39 is 28.9 Å². The van der Waals surface area contributed by atoms with E-state index in [-0.39, 0.29) is 23.5 Å². The summed E-state index contributed by atoms with van der Waals surface area (Å²) < 4.78 is 5.83. The van der Waals surface area contributed by atoms with E-state index in [1.165, 1.54) is 12.1 Å². The molecule has 9 heteroatoms. The lowest BCUT2D eigenvalue weighted by Crippen LogP contribution is -2.27. The van der Waals surface area contributed by atoms with Crippen LogP contribution in [-0.4, -0.2) is 28.0 Å². The van der Waals surface area contributed by atoms with Gasteiger partial charge in [-0.05, 0) is 19.1 Å². The van der Waals surface area contributed by atoms with Gasteiger partial charge in [-0.3, -0.25) is 24.3 Å². The summed E-state index contributed by atoms with van der Waals surface area (Å²) in [6.07, 6.45) is 0.985. The molecule has 2 rings (SSSR count). The van der Waals surface area contributed by atoms with Crippen molar-refractivity contribution in [3.05, 3.63) is 68.6 Å². The number of pyridine rings is 1. The van der Waals surface area contributed by atoms with E-state index in [1.54, 1.807) is 19.1 Å². The van der Waals surface area contributed by atoms with Crippen molar-refractivity contribution in [2.45, 2.75) is 13.5 Å². The Kier molecular flexibility index (Phi) is 5.62. The molecule has 0 aliphatic heterocycles. The summed E-state index contributed by atoms with van der Waals surface area (Å²) in [4.78, 5) is 45.9. The van der Waals surface area contributed by atoms with E-state index in [4.69, 9.17) is 4.74 Å². The summed E-state index contributed by atoms with van der Waals surface area (Å²) in [6.45, 7) is 1.41. The molecule has 1 aromatic heterocycles. The standard InChI is InChI=1S/C16H15N3O6/c1-2-25-16(22)12-5-3-4-6-13(12)17-14(20)10-18-9-11(19(23)24)7-8-15(18)21/h3-9H,2,10H2,1H3,(H,17,20). The second kappa shape index (κ2) is 7.86. The van der Waals surface area contributed by atoms with Gasteiger partial charge in [-0.15, -0.1) is 0 Å². The quantitative estimate of drug-likeness (QED) is 0.482. The molecule has 0 saturated heterocycles. The number of carbonyl (C=O) groups excluding carboxylic acids is 2. The number of benzene rings is 1. The number of nitrogens with zero attached hydrogens (tertiary/aromatic N) is 2. The Hall–Kier alpha value is -3.49. The molecule has 0 aliphatic rings. The number of nitrogens with one attached hydrogen (secondary N) is 1. The molecule has 0 fully saturated rings. The number of anilines is 1. The zero-order chi connectivity index (χ0) is 18.4. The van der Waals surface area contributed by atoms with Gasteiger partial charge in [0.15, 0.2) is 0 Å². The zero-order valence-electron chi connectivity index (χ0n) is 13.3. The SMILES string of the molecule is CCOC(=O)c1ccccc1NC(=O)Cn1cc([N+](=O)[O-])ccc1=O. The fourth-order valence-corrected chi connectivity index (χ4v) is 2.07. The van der Waals surface area contributed by atoms with E-state index in [0.29, 0.717) is 0 Å².